The zero-order valence-electron chi connectivity index (χ0n) is 14.3. The molecule has 1 amide bonds. The summed E-state index contributed by atoms with van der Waals surface area (Å²) in [7, 11) is 4.23. The van der Waals surface area contributed by atoms with E-state index in [1.54, 1.807) is 17.4 Å². The van der Waals surface area contributed by atoms with E-state index in [2.05, 4.69) is 29.3 Å². The van der Waals surface area contributed by atoms with E-state index in [9.17, 15) is 4.79 Å². The average Bonchev–Trinajstić information content (AvgIpc) is 2.96. The molecular weight excluding hydrogens is 379 g/mol. The molecule has 1 unspecified atom stereocenters. The molecule has 138 valence electrons. The fourth-order valence-corrected chi connectivity index (χ4v) is 3.93. The summed E-state index contributed by atoms with van der Waals surface area (Å²) in [6, 6.07) is 7.95. The molecule has 0 saturated carbocycles. The van der Waals surface area contributed by atoms with Crippen molar-refractivity contribution in [2.75, 3.05) is 19.4 Å². The molecule has 1 aromatic carbocycles. The van der Waals surface area contributed by atoms with Crippen LogP contribution >= 0.6 is 36.2 Å². The molecule has 3 N–H and O–H groups in total. The number of aryl methyl sites for hydroxylation is 1. The highest BCUT2D eigenvalue weighted by Gasteiger charge is 2.24. The Morgan fingerprint density at radius 1 is 1.40 bits per heavy atom. The van der Waals surface area contributed by atoms with Gasteiger partial charge in [0.05, 0.1) is 5.69 Å². The predicted octanol–water partition coefficient (Wildman–Crippen LogP) is 3.12. The van der Waals surface area contributed by atoms with Crippen LogP contribution in [0.5, 0.6) is 0 Å². The van der Waals surface area contributed by atoms with Gasteiger partial charge in [-0.25, -0.2) is 4.98 Å². The van der Waals surface area contributed by atoms with E-state index in [1.807, 2.05) is 18.2 Å². The van der Waals surface area contributed by atoms with Gasteiger partial charge in [-0.3, -0.25) is 10.1 Å². The van der Waals surface area contributed by atoms with Crippen molar-refractivity contribution in [3.63, 3.8) is 0 Å². The van der Waals surface area contributed by atoms with Crippen LogP contribution in [-0.2, 0) is 19.4 Å². The number of benzene rings is 1. The zero-order valence-corrected chi connectivity index (χ0v) is 16.8. The highest BCUT2D eigenvalue weighted by atomic mass is 35.5. The van der Waals surface area contributed by atoms with E-state index in [1.165, 1.54) is 4.88 Å². The van der Waals surface area contributed by atoms with E-state index in [4.69, 9.17) is 5.73 Å². The minimum Gasteiger partial charge on any atom is -0.326 e. The molecule has 0 aliphatic heterocycles. The zero-order chi connectivity index (χ0) is 16.4. The third-order valence-corrected chi connectivity index (χ3v) is 5.32. The van der Waals surface area contributed by atoms with Crippen molar-refractivity contribution in [3.8, 4) is 0 Å². The fourth-order valence-electron chi connectivity index (χ4n) is 2.86. The molecule has 25 heavy (non-hydrogen) atoms. The number of amides is 1. The molecule has 2 aromatic rings. The molecule has 0 spiro atoms. The van der Waals surface area contributed by atoms with Crippen molar-refractivity contribution in [3.05, 3.63) is 46.0 Å². The van der Waals surface area contributed by atoms with Gasteiger partial charge in [0.2, 0.25) is 0 Å². The molecular formula is C17H24Cl2N4OS. The number of halogens is 2. The number of likely N-dealkylation sites (N-methyl/N-ethyl adjacent to an activating group) is 1. The normalized spacial score (nSPS) is 15.8. The molecule has 1 heterocycles. The largest absolute Gasteiger partial charge is 0.326 e. The van der Waals surface area contributed by atoms with E-state index in [0.29, 0.717) is 23.3 Å². The number of aromatic nitrogens is 1. The number of thiazole rings is 1. The number of nitrogens with one attached hydrogen (secondary N) is 1. The summed E-state index contributed by atoms with van der Waals surface area (Å²) in [5.41, 5.74) is 8.33. The Hall–Kier alpha value is -1.18. The maximum absolute atomic E-state index is 12.4. The molecule has 0 fully saturated rings. The van der Waals surface area contributed by atoms with Gasteiger partial charge in [0, 0.05) is 23.0 Å². The lowest BCUT2D eigenvalue weighted by Crippen LogP contribution is -2.32. The van der Waals surface area contributed by atoms with Gasteiger partial charge in [0.1, 0.15) is 0 Å². The predicted molar refractivity (Wildman–Crippen MR) is 108 cm³/mol. The second kappa shape index (κ2) is 9.50. The lowest BCUT2D eigenvalue weighted by atomic mass is 9.97. The van der Waals surface area contributed by atoms with E-state index in [-0.39, 0.29) is 30.7 Å². The summed E-state index contributed by atoms with van der Waals surface area (Å²) < 4.78 is 0. The first-order valence-corrected chi connectivity index (χ1v) is 8.64. The second-order valence-corrected chi connectivity index (χ2v) is 7.19. The Morgan fingerprint density at radius 3 is 2.84 bits per heavy atom. The number of anilines is 1. The molecule has 3 rings (SSSR count). The van der Waals surface area contributed by atoms with Crippen LogP contribution in [0.2, 0.25) is 0 Å². The van der Waals surface area contributed by atoms with Gasteiger partial charge in [-0.05, 0) is 51.1 Å². The van der Waals surface area contributed by atoms with Crippen LogP contribution in [0.4, 0.5) is 5.13 Å². The number of nitrogens with zero attached hydrogens (tertiary/aromatic N) is 2. The number of rotatable bonds is 4. The maximum Gasteiger partial charge on any atom is 0.257 e. The molecule has 0 bridgehead atoms. The van der Waals surface area contributed by atoms with E-state index >= 15 is 0 Å². The topological polar surface area (TPSA) is 71.2 Å². The highest BCUT2D eigenvalue weighted by Crippen LogP contribution is 2.31. The Morgan fingerprint density at radius 2 is 2.16 bits per heavy atom. The first kappa shape index (κ1) is 21.9. The summed E-state index contributed by atoms with van der Waals surface area (Å²) in [5, 5.41) is 3.62. The molecule has 1 aromatic heterocycles. The molecule has 8 heteroatoms. The Bertz CT molecular complexity index is 720. The summed E-state index contributed by atoms with van der Waals surface area (Å²) in [6.45, 7) is 0.429. The summed E-state index contributed by atoms with van der Waals surface area (Å²) in [6.07, 6.45) is 3.11. The first-order chi connectivity index (χ1) is 11.1. The van der Waals surface area contributed by atoms with Crippen molar-refractivity contribution in [1.29, 1.82) is 0 Å². The minimum atomic E-state index is -0.129. The van der Waals surface area contributed by atoms with E-state index in [0.717, 1.165) is 30.5 Å². The quantitative estimate of drug-likeness (QED) is 0.823. The van der Waals surface area contributed by atoms with Crippen LogP contribution in [0.3, 0.4) is 0 Å². The monoisotopic (exact) mass is 402 g/mol. The molecule has 0 saturated heterocycles. The SMILES string of the molecule is CN(C)C1CCc2nc(NC(=O)c3cccc(CN)c3)sc2C1.Cl.Cl. The Labute approximate surface area is 164 Å². The number of nitrogens with two attached hydrogens (primary N) is 1. The molecule has 1 aliphatic rings. The highest BCUT2D eigenvalue weighted by molar-refractivity contribution is 7.15. The summed E-state index contributed by atoms with van der Waals surface area (Å²) in [4.78, 5) is 20.5. The van der Waals surface area contributed by atoms with Crippen molar-refractivity contribution in [2.24, 2.45) is 5.73 Å². The van der Waals surface area contributed by atoms with Crippen LogP contribution in [0, 0.1) is 0 Å². The first-order valence-electron chi connectivity index (χ1n) is 7.82. The van der Waals surface area contributed by atoms with E-state index < -0.39 is 0 Å². The van der Waals surface area contributed by atoms with Crippen LogP contribution in [0.15, 0.2) is 24.3 Å². The van der Waals surface area contributed by atoms with Crippen LogP contribution < -0.4 is 11.1 Å². The number of carbonyl (C=O) groups excluding carboxylic acids is 1. The van der Waals surface area contributed by atoms with Crippen molar-refractivity contribution in [2.45, 2.75) is 31.8 Å². The second-order valence-electron chi connectivity index (χ2n) is 6.11. The summed E-state index contributed by atoms with van der Waals surface area (Å²) in [5.74, 6) is -0.129. The van der Waals surface area contributed by atoms with Gasteiger partial charge in [0.15, 0.2) is 5.13 Å². The fraction of sp³-hybridized carbons (Fsp3) is 0.412. The van der Waals surface area contributed by atoms with Crippen molar-refractivity contribution < 1.29 is 4.79 Å². The third-order valence-electron chi connectivity index (χ3n) is 4.29. The van der Waals surface area contributed by atoms with Crippen molar-refractivity contribution >= 4 is 47.2 Å². The molecule has 1 atom stereocenters. The van der Waals surface area contributed by atoms with Crippen LogP contribution in [-0.4, -0.2) is 35.9 Å². The number of carbonyl (C=O) groups is 1. The van der Waals surface area contributed by atoms with Crippen LogP contribution in [0.1, 0.15) is 32.9 Å². The molecule has 0 radical (unpaired) electrons. The number of hydrogen-bond donors (Lipinski definition) is 2. The minimum absolute atomic E-state index is 0. The van der Waals surface area contributed by atoms with Gasteiger partial charge in [0.25, 0.3) is 5.91 Å². The molecule has 1 aliphatic carbocycles. The number of fused-ring (bicyclic) bond motifs is 1. The smallest absolute Gasteiger partial charge is 0.257 e. The van der Waals surface area contributed by atoms with Gasteiger partial charge in [-0.15, -0.1) is 36.2 Å². The van der Waals surface area contributed by atoms with Gasteiger partial charge >= 0.3 is 0 Å². The molecule has 5 nitrogen and oxygen atoms in total. The standard InChI is InChI=1S/C17H22N4OS.2ClH/c1-21(2)13-6-7-14-15(9-13)23-17(19-14)20-16(22)12-5-3-4-11(8-12)10-18;;/h3-5,8,13H,6-7,9-10,18H2,1-2H3,(H,19,20,22);2*1H. The number of hydrogen-bond acceptors (Lipinski definition) is 5. The Balaban J connectivity index is 0.00000156. The van der Waals surface area contributed by atoms with Crippen molar-refractivity contribution in [1.82, 2.24) is 9.88 Å². The lowest BCUT2D eigenvalue weighted by molar-refractivity contribution is 0.102. The lowest BCUT2D eigenvalue weighted by Gasteiger charge is -2.27. The Kier molecular flexibility index (Phi) is 8.31. The third kappa shape index (κ3) is 5.15. The average molecular weight is 403 g/mol. The maximum atomic E-state index is 12.4. The van der Waals surface area contributed by atoms with Gasteiger partial charge in [-0.2, -0.15) is 0 Å². The van der Waals surface area contributed by atoms with Crippen LogP contribution in [0.25, 0.3) is 0 Å². The van der Waals surface area contributed by atoms with Gasteiger partial charge < -0.3 is 10.6 Å². The summed E-state index contributed by atoms with van der Waals surface area (Å²) >= 11 is 1.60. The van der Waals surface area contributed by atoms with Gasteiger partial charge in [-0.1, -0.05) is 12.1 Å².